The van der Waals surface area contributed by atoms with Crippen LogP contribution in [-0.2, 0) is 11.3 Å². The molecule has 1 fully saturated rings. The van der Waals surface area contributed by atoms with Crippen LogP contribution < -0.4 is 5.32 Å². The van der Waals surface area contributed by atoms with Crippen LogP contribution >= 0.6 is 11.8 Å². The highest BCUT2D eigenvalue weighted by molar-refractivity contribution is 7.99. The van der Waals surface area contributed by atoms with E-state index in [1.807, 2.05) is 48.5 Å². The smallest absolute Gasteiger partial charge is 0.256 e. The molecule has 0 spiro atoms. The van der Waals surface area contributed by atoms with Crippen LogP contribution in [0.15, 0.2) is 82.6 Å². The third kappa shape index (κ3) is 5.53. The van der Waals surface area contributed by atoms with Gasteiger partial charge < -0.3 is 10.1 Å². The van der Waals surface area contributed by atoms with Crippen LogP contribution in [0.25, 0.3) is 0 Å². The minimum Gasteiger partial charge on any atom is -0.379 e. The lowest BCUT2D eigenvalue weighted by Gasteiger charge is -2.26. The Morgan fingerprint density at radius 1 is 0.968 bits per heavy atom. The summed E-state index contributed by atoms with van der Waals surface area (Å²) in [5.74, 6) is -0.168. The number of nitrogens with zero attached hydrogens (tertiary/aromatic N) is 2. The molecular weight excluding hydrogens is 406 g/mol. The summed E-state index contributed by atoms with van der Waals surface area (Å²) in [5.41, 5.74) is 3.15. The molecule has 5 nitrogen and oxygen atoms in total. The van der Waals surface area contributed by atoms with Gasteiger partial charge in [-0.15, -0.1) is 0 Å². The molecule has 0 atom stereocenters. The number of carbonyl (C=O) groups excluding carboxylic acids is 1. The number of amides is 1. The molecule has 1 N–H and O–H groups in total. The average Bonchev–Trinajstić information content (AvgIpc) is 2.82. The zero-order valence-corrected chi connectivity index (χ0v) is 17.9. The first kappa shape index (κ1) is 21.1. The minimum absolute atomic E-state index is 0.168. The van der Waals surface area contributed by atoms with Crippen LogP contribution in [0.2, 0.25) is 0 Å². The second kappa shape index (κ2) is 10.3. The van der Waals surface area contributed by atoms with Crippen molar-refractivity contribution < 1.29 is 9.53 Å². The molecule has 156 valence electrons. The van der Waals surface area contributed by atoms with E-state index in [4.69, 9.17) is 4.74 Å². The van der Waals surface area contributed by atoms with Crippen molar-refractivity contribution in [2.24, 2.45) is 0 Å². The number of ether oxygens (including phenoxy) is 1. The number of anilines is 1. The van der Waals surface area contributed by atoms with Crippen LogP contribution in [0.4, 0.5) is 5.69 Å². The van der Waals surface area contributed by atoms with E-state index in [0.29, 0.717) is 11.1 Å². The molecule has 0 aromatic heterocycles. The number of hydrogen-bond donors (Lipinski definition) is 1. The van der Waals surface area contributed by atoms with Crippen LogP contribution in [0.1, 0.15) is 21.5 Å². The maximum atomic E-state index is 13.0. The number of nitriles is 1. The summed E-state index contributed by atoms with van der Waals surface area (Å²) in [6.45, 7) is 4.34. The molecule has 1 amide bonds. The van der Waals surface area contributed by atoms with Gasteiger partial charge in [0.25, 0.3) is 5.91 Å². The van der Waals surface area contributed by atoms with Gasteiger partial charge in [-0.1, -0.05) is 48.2 Å². The van der Waals surface area contributed by atoms with Gasteiger partial charge in [0.2, 0.25) is 0 Å². The maximum absolute atomic E-state index is 13.0. The van der Waals surface area contributed by atoms with Crippen molar-refractivity contribution in [2.45, 2.75) is 16.3 Å². The van der Waals surface area contributed by atoms with Crippen molar-refractivity contribution in [1.29, 1.82) is 5.26 Å². The topological polar surface area (TPSA) is 65.4 Å². The molecule has 3 aromatic rings. The Bertz CT molecular complexity index is 1090. The van der Waals surface area contributed by atoms with E-state index in [2.05, 4.69) is 28.4 Å². The van der Waals surface area contributed by atoms with Gasteiger partial charge in [-0.25, -0.2) is 0 Å². The van der Waals surface area contributed by atoms with Crippen molar-refractivity contribution in [1.82, 2.24) is 4.90 Å². The van der Waals surface area contributed by atoms with Gasteiger partial charge in [-0.2, -0.15) is 5.26 Å². The second-order valence-electron chi connectivity index (χ2n) is 7.25. The quantitative estimate of drug-likeness (QED) is 0.610. The van der Waals surface area contributed by atoms with Gasteiger partial charge in [-0.05, 0) is 42.0 Å². The fourth-order valence-corrected chi connectivity index (χ4v) is 4.44. The molecule has 0 radical (unpaired) electrons. The zero-order valence-electron chi connectivity index (χ0n) is 17.1. The number of morpholine rings is 1. The van der Waals surface area contributed by atoms with E-state index in [1.54, 1.807) is 12.1 Å². The summed E-state index contributed by atoms with van der Waals surface area (Å²) in [6, 6.07) is 25.0. The number of hydrogen-bond acceptors (Lipinski definition) is 5. The Kier molecular flexibility index (Phi) is 7.00. The first-order valence-electron chi connectivity index (χ1n) is 10.2. The monoisotopic (exact) mass is 429 g/mol. The lowest BCUT2D eigenvalue weighted by Crippen LogP contribution is -2.35. The first-order valence-corrected chi connectivity index (χ1v) is 11.0. The molecule has 1 saturated heterocycles. The number of nitrogens with one attached hydrogen (secondary N) is 1. The molecule has 0 saturated carbocycles. The zero-order chi connectivity index (χ0) is 21.5. The lowest BCUT2D eigenvalue weighted by atomic mass is 10.1. The van der Waals surface area contributed by atoms with Gasteiger partial charge in [-0.3, -0.25) is 9.69 Å². The Balaban J connectivity index is 1.45. The molecule has 4 rings (SSSR count). The molecule has 0 unspecified atom stereocenters. The molecule has 0 bridgehead atoms. The summed E-state index contributed by atoms with van der Waals surface area (Å²) in [7, 11) is 0. The highest BCUT2D eigenvalue weighted by Crippen LogP contribution is 2.33. The third-order valence-electron chi connectivity index (χ3n) is 5.08. The summed E-state index contributed by atoms with van der Waals surface area (Å²) in [4.78, 5) is 17.0. The SMILES string of the molecule is N#Cc1ccccc1Sc1ccccc1C(=O)Nc1ccc(CN2CCOCC2)cc1. The summed E-state index contributed by atoms with van der Waals surface area (Å²) < 4.78 is 5.40. The molecule has 31 heavy (non-hydrogen) atoms. The third-order valence-corrected chi connectivity index (χ3v) is 6.23. The standard InChI is InChI=1S/C25H23N3O2S/c26-17-20-5-1-3-7-23(20)31-24-8-4-2-6-22(24)25(29)27-21-11-9-19(10-12-21)18-28-13-15-30-16-14-28/h1-12H,13-16,18H2,(H,27,29). The highest BCUT2D eigenvalue weighted by atomic mass is 32.2. The predicted octanol–water partition coefficient (Wildman–Crippen LogP) is 4.79. The van der Waals surface area contributed by atoms with Gasteiger partial charge >= 0.3 is 0 Å². The van der Waals surface area contributed by atoms with Crippen molar-refractivity contribution >= 4 is 23.4 Å². The van der Waals surface area contributed by atoms with Crippen molar-refractivity contribution in [3.63, 3.8) is 0 Å². The van der Waals surface area contributed by atoms with E-state index in [0.717, 1.165) is 48.3 Å². The number of benzene rings is 3. The molecule has 0 aliphatic carbocycles. The molecule has 1 aliphatic rings. The normalized spacial score (nSPS) is 14.0. The number of rotatable bonds is 6. The average molecular weight is 430 g/mol. The summed E-state index contributed by atoms with van der Waals surface area (Å²) >= 11 is 1.43. The van der Waals surface area contributed by atoms with E-state index in [9.17, 15) is 10.1 Å². The molecule has 6 heteroatoms. The fraction of sp³-hybridized carbons (Fsp3) is 0.200. The fourth-order valence-electron chi connectivity index (χ4n) is 3.42. The largest absolute Gasteiger partial charge is 0.379 e. The predicted molar refractivity (Wildman–Crippen MR) is 122 cm³/mol. The van der Waals surface area contributed by atoms with Gasteiger partial charge in [0.05, 0.1) is 24.3 Å². The van der Waals surface area contributed by atoms with Gasteiger partial charge in [0.15, 0.2) is 0 Å². The van der Waals surface area contributed by atoms with Crippen molar-refractivity contribution in [3.8, 4) is 6.07 Å². The Morgan fingerprint density at radius 3 is 2.39 bits per heavy atom. The molecule has 1 heterocycles. The lowest BCUT2D eigenvalue weighted by molar-refractivity contribution is 0.0342. The Labute approximate surface area is 186 Å². The first-order chi connectivity index (χ1) is 15.2. The summed E-state index contributed by atoms with van der Waals surface area (Å²) in [5, 5.41) is 12.3. The van der Waals surface area contributed by atoms with Crippen LogP contribution in [0, 0.1) is 11.3 Å². The second-order valence-corrected chi connectivity index (χ2v) is 8.33. The van der Waals surface area contributed by atoms with Gasteiger partial charge in [0, 0.05) is 35.1 Å². The van der Waals surface area contributed by atoms with E-state index >= 15 is 0 Å². The number of carbonyl (C=O) groups is 1. The molecule has 3 aromatic carbocycles. The van der Waals surface area contributed by atoms with Crippen LogP contribution in [0.3, 0.4) is 0 Å². The van der Waals surface area contributed by atoms with Crippen molar-refractivity contribution in [3.05, 3.63) is 89.5 Å². The maximum Gasteiger partial charge on any atom is 0.256 e. The van der Waals surface area contributed by atoms with Crippen LogP contribution in [-0.4, -0.2) is 37.1 Å². The molecular formula is C25H23N3O2S. The van der Waals surface area contributed by atoms with Crippen LogP contribution in [0.5, 0.6) is 0 Å². The van der Waals surface area contributed by atoms with E-state index in [1.165, 1.54) is 17.3 Å². The summed E-state index contributed by atoms with van der Waals surface area (Å²) in [6.07, 6.45) is 0. The van der Waals surface area contributed by atoms with E-state index in [-0.39, 0.29) is 5.91 Å². The highest BCUT2D eigenvalue weighted by Gasteiger charge is 2.14. The minimum atomic E-state index is -0.168. The Hall–Kier alpha value is -3.11. The van der Waals surface area contributed by atoms with Crippen molar-refractivity contribution in [2.75, 3.05) is 31.6 Å². The Morgan fingerprint density at radius 2 is 1.65 bits per heavy atom. The molecule has 1 aliphatic heterocycles. The van der Waals surface area contributed by atoms with E-state index < -0.39 is 0 Å². The van der Waals surface area contributed by atoms with Gasteiger partial charge in [0.1, 0.15) is 6.07 Å².